The van der Waals surface area contributed by atoms with E-state index in [0.29, 0.717) is 32.7 Å². The molecule has 3 aromatic rings. The number of halogens is 1. The Kier molecular flexibility index (Phi) is 3.92. The Balaban J connectivity index is 2.28. The second kappa shape index (κ2) is 5.89. The first kappa shape index (κ1) is 15.3. The minimum Gasteiger partial charge on any atom is -0.465 e. The first-order valence-electron chi connectivity index (χ1n) is 7.03. The minimum atomic E-state index is -0.462. The van der Waals surface area contributed by atoms with Crippen LogP contribution in [0, 0.1) is 6.92 Å². The lowest BCUT2D eigenvalue weighted by Crippen LogP contribution is -2.14. The Labute approximate surface area is 138 Å². The Bertz CT molecular complexity index is 927. The van der Waals surface area contributed by atoms with Gasteiger partial charge < -0.3 is 4.74 Å². The van der Waals surface area contributed by atoms with Crippen LogP contribution in [0.4, 0.5) is 0 Å². The van der Waals surface area contributed by atoms with Gasteiger partial charge in [0.05, 0.1) is 18.2 Å². The van der Waals surface area contributed by atoms with E-state index >= 15 is 0 Å². The molecule has 0 fully saturated rings. The predicted molar refractivity (Wildman–Crippen MR) is 89.2 cm³/mol. The minimum absolute atomic E-state index is 0.239. The average molecular weight is 328 g/mol. The number of carbonyl (C=O) groups is 2. The van der Waals surface area contributed by atoms with Crippen LogP contribution in [-0.4, -0.2) is 23.6 Å². The average Bonchev–Trinajstić information content (AvgIpc) is 2.85. The van der Waals surface area contributed by atoms with Crippen LogP contribution in [0.2, 0.25) is 5.02 Å². The summed E-state index contributed by atoms with van der Waals surface area (Å²) in [6.07, 6.45) is 0. The summed E-state index contributed by atoms with van der Waals surface area (Å²) < 4.78 is 6.38. The molecule has 1 heterocycles. The summed E-state index contributed by atoms with van der Waals surface area (Å²) >= 11 is 5.98. The number of hydrogen-bond donors (Lipinski definition) is 0. The number of aromatic nitrogens is 1. The SMILES string of the molecule is COC(=O)c1c(C)n(C(=O)c2cccc(Cl)c2)c2ccccc12. The molecule has 0 aliphatic carbocycles. The highest BCUT2D eigenvalue weighted by Crippen LogP contribution is 2.27. The lowest BCUT2D eigenvalue weighted by atomic mass is 10.1. The van der Waals surface area contributed by atoms with E-state index in [0.717, 1.165) is 0 Å². The normalized spacial score (nSPS) is 10.7. The third kappa shape index (κ3) is 2.51. The maximum atomic E-state index is 12.9. The van der Waals surface area contributed by atoms with Crippen molar-refractivity contribution in [1.29, 1.82) is 0 Å². The molecule has 5 heteroatoms. The largest absolute Gasteiger partial charge is 0.465 e. The summed E-state index contributed by atoms with van der Waals surface area (Å²) in [7, 11) is 1.33. The molecule has 2 aromatic carbocycles. The highest BCUT2D eigenvalue weighted by Gasteiger charge is 2.24. The third-order valence-electron chi connectivity index (χ3n) is 3.78. The second-order valence-electron chi connectivity index (χ2n) is 5.12. The van der Waals surface area contributed by atoms with Gasteiger partial charge in [0.25, 0.3) is 5.91 Å². The molecule has 0 spiro atoms. The number of fused-ring (bicyclic) bond motifs is 1. The molecule has 0 amide bonds. The van der Waals surface area contributed by atoms with Crippen molar-refractivity contribution in [1.82, 2.24) is 4.57 Å². The maximum Gasteiger partial charge on any atom is 0.340 e. The zero-order valence-corrected chi connectivity index (χ0v) is 13.4. The molecule has 0 unspecified atom stereocenters. The molecule has 0 saturated heterocycles. The Hall–Kier alpha value is -2.59. The maximum absolute atomic E-state index is 12.9. The van der Waals surface area contributed by atoms with Crippen LogP contribution in [0.15, 0.2) is 48.5 Å². The molecule has 116 valence electrons. The van der Waals surface area contributed by atoms with E-state index in [1.165, 1.54) is 11.7 Å². The quantitative estimate of drug-likeness (QED) is 0.666. The Morgan fingerprint density at radius 3 is 2.52 bits per heavy atom. The van der Waals surface area contributed by atoms with Gasteiger partial charge in [-0.05, 0) is 31.2 Å². The molecule has 0 aliphatic rings. The van der Waals surface area contributed by atoms with Crippen LogP contribution in [0.5, 0.6) is 0 Å². The van der Waals surface area contributed by atoms with Crippen molar-refractivity contribution in [2.24, 2.45) is 0 Å². The van der Waals surface area contributed by atoms with E-state index in [9.17, 15) is 9.59 Å². The number of para-hydroxylation sites is 1. The lowest BCUT2D eigenvalue weighted by Gasteiger charge is -2.07. The standard InChI is InChI=1S/C18H14ClNO3/c1-11-16(18(22)23-2)14-8-3-4-9-15(14)20(11)17(21)12-6-5-7-13(19)10-12/h3-10H,1-2H3. The molecular weight excluding hydrogens is 314 g/mol. The molecule has 0 atom stereocenters. The summed E-state index contributed by atoms with van der Waals surface area (Å²) in [6, 6.07) is 14.0. The summed E-state index contributed by atoms with van der Waals surface area (Å²) in [5.41, 5.74) is 2.06. The van der Waals surface area contributed by atoms with Gasteiger partial charge >= 0.3 is 5.97 Å². The predicted octanol–water partition coefficient (Wildman–Crippen LogP) is 4.08. The number of hydrogen-bond acceptors (Lipinski definition) is 3. The molecule has 0 radical (unpaired) electrons. The molecule has 0 bridgehead atoms. The molecule has 0 saturated carbocycles. The van der Waals surface area contributed by atoms with Gasteiger partial charge in [0.15, 0.2) is 0 Å². The molecular formula is C18H14ClNO3. The fourth-order valence-electron chi connectivity index (χ4n) is 2.74. The van der Waals surface area contributed by atoms with Gasteiger partial charge in [-0.15, -0.1) is 0 Å². The molecule has 4 nitrogen and oxygen atoms in total. The van der Waals surface area contributed by atoms with Crippen molar-refractivity contribution in [3.63, 3.8) is 0 Å². The lowest BCUT2D eigenvalue weighted by molar-refractivity contribution is 0.0602. The van der Waals surface area contributed by atoms with Gasteiger partial charge in [0, 0.05) is 21.7 Å². The molecule has 0 aliphatic heterocycles. The number of carbonyl (C=O) groups excluding carboxylic acids is 2. The molecule has 23 heavy (non-hydrogen) atoms. The van der Waals surface area contributed by atoms with Crippen LogP contribution in [0.25, 0.3) is 10.9 Å². The van der Waals surface area contributed by atoms with Crippen LogP contribution in [0.3, 0.4) is 0 Å². The number of methoxy groups -OCH3 is 1. The fourth-order valence-corrected chi connectivity index (χ4v) is 2.93. The Morgan fingerprint density at radius 1 is 1.09 bits per heavy atom. The number of ether oxygens (including phenoxy) is 1. The number of esters is 1. The van der Waals surface area contributed by atoms with Crippen molar-refractivity contribution in [3.05, 3.63) is 70.4 Å². The van der Waals surface area contributed by atoms with Crippen molar-refractivity contribution in [2.75, 3.05) is 7.11 Å². The van der Waals surface area contributed by atoms with Crippen molar-refractivity contribution < 1.29 is 14.3 Å². The topological polar surface area (TPSA) is 48.3 Å². The van der Waals surface area contributed by atoms with E-state index in [4.69, 9.17) is 16.3 Å². The van der Waals surface area contributed by atoms with Gasteiger partial charge in [-0.2, -0.15) is 0 Å². The van der Waals surface area contributed by atoms with Crippen molar-refractivity contribution in [3.8, 4) is 0 Å². The van der Waals surface area contributed by atoms with Crippen LogP contribution >= 0.6 is 11.6 Å². The summed E-state index contributed by atoms with van der Waals surface area (Å²) in [4.78, 5) is 25.0. The number of rotatable bonds is 2. The van der Waals surface area contributed by atoms with Gasteiger partial charge in [-0.3, -0.25) is 9.36 Å². The molecule has 1 aromatic heterocycles. The summed E-state index contributed by atoms with van der Waals surface area (Å²) in [5.74, 6) is -0.701. The van der Waals surface area contributed by atoms with E-state index in [1.54, 1.807) is 43.3 Å². The van der Waals surface area contributed by atoms with Crippen molar-refractivity contribution in [2.45, 2.75) is 6.92 Å². The zero-order chi connectivity index (χ0) is 16.6. The van der Waals surface area contributed by atoms with E-state index < -0.39 is 5.97 Å². The van der Waals surface area contributed by atoms with Crippen molar-refractivity contribution >= 4 is 34.4 Å². The summed E-state index contributed by atoms with van der Waals surface area (Å²) in [5, 5.41) is 1.17. The first-order chi connectivity index (χ1) is 11.0. The van der Waals surface area contributed by atoms with Gasteiger partial charge in [0.2, 0.25) is 0 Å². The van der Waals surface area contributed by atoms with Crippen LogP contribution in [0.1, 0.15) is 26.4 Å². The van der Waals surface area contributed by atoms with E-state index in [1.807, 2.05) is 12.1 Å². The van der Waals surface area contributed by atoms with Gasteiger partial charge in [-0.1, -0.05) is 35.9 Å². The second-order valence-corrected chi connectivity index (χ2v) is 5.56. The van der Waals surface area contributed by atoms with Gasteiger partial charge in [0.1, 0.15) is 0 Å². The highest BCUT2D eigenvalue weighted by atomic mass is 35.5. The van der Waals surface area contributed by atoms with Crippen LogP contribution < -0.4 is 0 Å². The van der Waals surface area contributed by atoms with E-state index in [2.05, 4.69) is 0 Å². The van der Waals surface area contributed by atoms with Crippen LogP contribution in [-0.2, 0) is 4.74 Å². The first-order valence-corrected chi connectivity index (χ1v) is 7.41. The number of benzene rings is 2. The highest BCUT2D eigenvalue weighted by molar-refractivity contribution is 6.31. The number of nitrogens with zero attached hydrogens (tertiary/aromatic N) is 1. The molecule has 3 rings (SSSR count). The monoisotopic (exact) mass is 327 g/mol. The summed E-state index contributed by atoms with van der Waals surface area (Å²) in [6.45, 7) is 1.73. The fraction of sp³-hybridized carbons (Fsp3) is 0.111. The Morgan fingerprint density at radius 2 is 1.83 bits per heavy atom. The zero-order valence-electron chi connectivity index (χ0n) is 12.7. The van der Waals surface area contributed by atoms with E-state index in [-0.39, 0.29) is 5.91 Å². The molecule has 0 N–H and O–H groups in total. The smallest absolute Gasteiger partial charge is 0.340 e. The third-order valence-corrected chi connectivity index (χ3v) is 4.01. The van der Waals surface area contributed by atoms with Gasteiger partial charge in [-0.25, -0.2) is 4.79 Å².